The summed E-state index contributed by atoms with van der Waals surface area (Å²) in [5, 5.41) is 2.98. The van der Waals surface area contributed by atoms with Crippen LogP contribution in [0.5, 0.6) is 0 Å². The molecule has 0 aliphatic carbocycles. The summed E-state index contributed by atoms with van der Waals surface area (Å²) in [6.45, 7) is 1.51. The standard InChI is InChI=1S/C21H16N4O2S/c1-14(26)25(16-7-3-2-4-8-16)21-22-15(13-28-21)11-12-19-23-18-10-6-5-9-17(18)20(27)24-19/h2-13H,1H3,(H,23,24,27). The number of para-hydroxylation sites is 2. The fourth-order valence-electron chi connectivity index (χ4n) is 2.81. The molecule has 138 valence electrons. The van der Waals surface area contributed by atoms with Gasteiger partial charge in [-0.15, -0.1) is 11.3 Å². The van der Waals surface area contributed by atoms with Gasteiger partial charge in [0.1, 0.15) is 5.82 Å². The second kappa shape index (κ2) is 7.58. The predicted molar refractivity (Wildman–Crippen MR) is 113 cm³/mol. The molecule has 6 nitrogen and oxygen atoms in total. The molecular formula is C21H16N4O2S. The van der Waals surface area contributed by atoms with Crippen molar-refractivity contribution in [3.8, 4) is 0 Å². The normalized spacial score (nSPS) is 11.2. The van der Waals surface area contributed by atoms with E-state index < -0.39 is 0 Å². The largest absolute Gasteiger partial charge is 0.306 e. The van der Waals surface area contributed by atoms with Crippen molar-refractivity contribution in [2.75, 3.05) is 4.90 Å². The Balaban J connectivity index is 1.63. The lowest BCUT2D eigenvalue weighted by atomic mass is 10.2. The molecule has 1 amide bonds. The first-order valence-electron chi connectivity index (χ1n) is 8.60. The summed E-state index contributed by atoms with van der Waals surface area (Å²) in [5.74, 6) is 0.335. The van der Waals surface area contributed by atoms with Crippen LogP contribution in [0.2, 0.25) is 0 Å². The average molecular weight is 388 g/mol. The van der Waals surface area contributed by atoms with Crippen molar-refractivity contribution in [1.29, 1.82) is 0 Å². The quantitative estimate of drug-likeness (QED) is 0.567. The van der Waals surface area contributed by atoms with Gasteiger partial charge in [0.2, 0.25) is 5.91 Å². The predicted octanol–water partition coefficient (Wildman–Crippen LogP) is 4.23. The van der Waals surface area contributed by atoms with Gasteiger partial charge in [-0.25, -0.2) is 9.97 Å². The molecule has 0 radical (unpaired) electrons. The first-order chi connectivity index (χ1) is 13.6. The van der Waals surface area contributed by atoms with Crippen LogP contribution in [0.3, 0.4) is 0 Å². The maximum absolute atomic E-state index is 12.1. The van der Waals surface area contributed by atoms with Crippen LogP contribution in [-0.4, -0.2) is 20.9 Å². The van der Waals surface area contributed by atoms with Crippen molar-refractivity contribution < 1.29 is 4.79 Å². The van der Waals surface area contributed by atoms with Gasteiger partial charge < -0.3 is 4.98 Å². The molecule has 0 aliphatic rings. The zero-order valence-electron chi connectivity index (χ0n) is 15.0. The maximum Gasteiger partial charge on any atom is 0.259 e. The molecule has 4 aromatic rings. The van der Waals surface area contributed by atoms with Crippen LogP contribution in [0.4, 0.5) is 10.8 Å². The molecule has 0 saturated carbocycles. The number of nitrogens with zero attached hydrogens (tertiary/aromatic N) is 3. The van der Waals surface area contributed by atoms with Crippen LogP contribution < -0.4 is 10.5 Å². The van der Waals surface area contributed by atoms with Gasteiger partial charge in [0.15, 0.2) is 5.13 Å². The number of hydrogen-bond acceptors (Lipinski definition) is 5. The number of hydrogen-bond donors (Lipinski definition) is 1. The van der Waals surface area contributed by atoms with E-state index in [-0.39, 0.29) is 11.5 Å². The number of nitrogens with one attached hydrogen (secondary N) is 1. The smallest absolute Gasteiger partial charge is 0.259 e. The molecule has 0 atom stereocenters. The third kappa shape index (κ3) is 3.60. The van der Waals surface area contributed by atoms with E-state index in [1.807, 2.05) is 41.8 Å². The van der Waals surface area contributed by atoms with E-state index >= 15 is 0 Å². The Morgan fingerprint density at radius 3 is 2.57 bits per heavy atom. The highest BCUT2D eigenvalue weighted by molar-refractivity contribution is 7.14. The highest BCUT2D eigenvalue weighted by Crippen LogP contribution is 2.29. The third-order valence-corrected chi connectivity index (χ3v) is 4.92. The number of fused-ring (bicyclic) bond motifs is 1. The molecule has 0 unspecified atom stereocenters. The molecule has 4 rings (SSSR count). The second-order valence-corrected chi connectivity index (χ2v) is 6.88. The zero-order valence-corrected chi connectivity index (χ0v) is 15.8. The van der Waals surface area contributed by atoms with Gasteiger partial charge in [0, 0.05) is 12.3 Å². The van der Waals surface area contributed by atoms with Crippen LogP contribution in [0, 0.1) is 0 Å². The molecule has 7 heteroatoms. The number of carbonyl (C=O) groups is 1. The molecule has 2 aromatic carbocycles. The summed E-state index contributed by atoms with van der Waals surface area (Å²) in [6, 6.07) is 16.6. The molecule has 0 bridgehead atoms. The number of thiazole rings is 1. The van der Waals surface area contributed by atoms with Gasteiger partial charge in [-0.3, -0.25) is 14.5 Å². The lowest BCUT2D eigenvalue weighted by Gasteiger charge is -2.17. The summed E-state index contributed by atoms with van der Waals surface area (Å²) >= 11 is 1.37. The zero-order chi connectivity index (χ0) is 19.5. The topological polar surface area (TPSA) is 79.0 Å². The highest BCUT2D eigenvalue weighted by atomic mass is 32.1. The minimum atomic E-state index is -0.184. The number of aromatic amines is 1. The summed E-state index contributed by atoms with van der Waals surface area (Å²) in [4.78, 5) is 37.6. The fraction of sp³-hybridized carbons (Fsp3) is 0.0476. The lowest BCUT2D eigenvalue weighted by molar-refractivity contribution is -0.115. The van der Waals surface area contributed by atoms with E-state index in [2.05, 4.69) is 15.0 Å². The van der Waals surface area contributed by atoms with Crippen LogP contribution in [0.15, 0.2) is 64.8 Å². The van der Waals surface area contributed by atoms with Gasteiger partial charge in [-0.1, -0.05) is 30.3 Å². The maximum atomic E-state index is 12.1. The van der Waals surface area contributed by atoms with Crippen LogP contribution in [0.25, 0.3) is 23.1 Å². The van der Waals surface area contributed by atoms with Crippen molar-refractivity contribution in [1.82, 2.24) is 15.0 Å². The number of carbonyl (C=O) groups excluding carboxylic acids is 1. The van der Waals surface area contributed by atoms with E-state index in [0.717, 1.165) is 5.69 Å². The number of rotatable bonds is 4. The summed E-state index contributed by atoms with van der Waals surface area (Å²) in [6.07, 6.45) is 3.46. The first kappa shape index (κ1) is 17.8. The first-order valence-corrected chi connectivity index (χ1v) is 9.48. The van der Waals surface area contributed by atoms with E-state index in [9.17, 15) is 9.59 Å². The van der Waals surface area contributed by atoms with Gasteiger partial charge in [-0.05, 0) is 36.4 Å². The molecule has 0 saturated heterocycles. The number of amides is 1. The summed E-state index contributed by atoms with van der Waals surface area (Å²) in [7, 11) is 0. The Hall–Kier alpha value is -3.58. The SMILES string of the molecule is CC(=O)N(c1ccccc1)c1nc(C=Cc2nc3ccccc3c(=O)[nH]2)cs1. The van der Waals surface area contributed by atoms with Crippen molar-refractivity contribution in [3.05, 3.63) is 81.8 Å². The van der Waals surface area contributed by atoms with Crippen LogP contribution >= 0.6 is 11.3 Å². The minimum absolute atomic E-state index is 0.114. The highest BCUT2D eigenvalue weighted by Gasteiger charge is 2.17. The van der Waals surface area contributed by atoms with Crippen LogP contribution in [-0.2, 0) is 4.79 Å². The summed E-state index contributed by atoms with van der Waals surface area (Å²) in [5.41, 5.74) is 1.89. The Bertz CT molecular complexity index is 1230. The molecule has 0 fully saturated rings. The Morgan fingerprint density at radius 1 is 1.04 bits per heavy atom. The Morgan fingerprint density at radius 2 is 1.79 bits per heavy atom. The number of H-pyrrole nitrogens is 1. The van der Waals surface area contributed by atoms with Gasteiger partial charge in [0.05, 0.1) is 22.3 Å². The molecule has 1 N–H and O–H groups in total. The molecule has 28 heavy (non-hydrogen) atoms. The molecule has 0 aliphatic heterocycles. The van der Waals surface area contributed by atoms with E-state index in [1.54, 1.807) is 35.3 Å². The van der Waals surface area contributed by atoms with Crippen molar-refractivity contribution >= 4 is 51.1 Å². The third-order valence-electron chi connectivity index (χ3n) is 4.07. The van der Waals surface area contributed by atoms with Crippen LogP contribution in [0.1, 0.15) is 18.4 Å². The van der Waals surface area contributed by atoms with Gasteiger partial charge in [-0.2, -0.15) is 0 Å². The Kier molecular flexibility index (Phi) is 4.82. The number of aromatic nitrogens is 3. The minimum Gasteiger partial charge on any atom is -0.306 e. The second-order valence-electron chi connectivity index (χ2n) is 6.05. The monoisotopic (exact) mass is 388 g/mol. The van der Waals surface area contributed by atoms with E-state index in [0.29, 0.717) is 27.6 Å². The molecule has 2 heterocycles. The lowest BCUT2D eigenvalue weighted by Crippen LogP contribution is -2.22. The molecule has 0 spiro atoms. The van der Waals surface area contributed by atoms with E-state index in [1.165, 1.54) is 18.3 Å². The fourth-order valence-corrected chi connectivity index (χ4v) is 3.66. The number of anilines is 2. The average Bonchev–Trinajstić information content (AvgIpc) is 3.15. The Labute approximate surface area is 164 Å². The van der Waals surface area contributed by atoms with Crippen molar-refractivity contribution in [2.45, 2.75) is 6.92 Å². The molecule has 2 aromatic heterocycles. The summed E-state index contributed by atoms with van der Waals surface area (Å²) < 4.78 is 0. The number of benzene rings is 2. The van der Waals surface area contributed by atoms with Gasteiger partial charge >= 0.3 is 0 Å². The van der Waals surface area contributed by atoms with E-state index in [4.69, 9.17) is 0 Å². The van der Waals surface area contributed by atoms with Crippen molar-refractivity contribution in [3.63, 3.8) is 0 Å². The van der Waals surface area contributed by atoms with Crippen molar-refractivity contribution in [2.24, 2.45) is 0 Å². The molecular weight excluding hydrogens is 372 g/mol. The van der Waals surface area contributed by atoms with Gasteiger partial charge in [0.25, 0.3) is 5.56 Å².